The van der Waals surface area contributed by atoms with Crippen LogP contribution in [0.5, 0.6) is 0 Å². The maximum absolute atomic E-state index is 12.2. The predicted octanol–water partition coefficient (Wildman–Crippen LogP) is -0.608. The normalized spacial score (nSPS) is 25.0. The molecule has 1 atom stereocenters. The smallest absolute Gasteiger partial charge is 0.326 e. The van der Waals surface area contributed by atoms with E-state index < -0.39 is 35.4 Å². The number of rotatable bonds is 3. The number of carbonyl (C=O) groups excluding carboxylic acids is 3. The monoisotopic (exact) mass is 283 g/mol. The van der Waals surface area contributed by atoms with Crippen molar-refractivity contribution in [1.82, 2.24) is 15.1 Å². The molecular weight excluding hydrogens is 266 g/mol. The third-order valence-corrected chi connectivity index (χ3v) is 3.85. The molecule has 2 heterocycles. The first-order valence-electron chi connectivity index (χ1n) is 6.40. The molecule has 0 saturated carbocycles. The standard InChI is InChI=1S/C12H17N3O5/c1-12(2)10(19)13-11(20)15(12)6-8(16)14-5-3-4-7(14)9(17)18/h7H,3-6H2,1-2H3,(H,17,18)(H,13,19,20)/t7-/m0/s1. The minimum atomic E-state index is -1.11. The van der Waals surface area contributed by atoms with Gasteiger partial charge in [0.15, 0.2) is 0 Å². The lowest BCUT2D eigenvalue weighted by Crippen LogP contribution is -2.51. The molecule has 0 aromatic heterocycles. The molecule has 0 radical (unpaired) electrons. The van der Waals surface area contributed by atoms with E-state index in [9.17, 15) is 19.2 Å². The third-order valence-electron chi connectivity index (χ3n) is 3.85. The minimum Gasteiger partial charge on any atom is -0.480 e. The Morgan fingerprint density at radius 2 is 2.05 bits per heavy atom. The molecule has 2 saturated heterocycles. The molecule has 2 aliphatic rings. The van der Waals surface area contributed by atoms with Crippen LogP contribution in [0.25, 0.3) is 0 Å². The number of imide groups is 1. The lowest BCUT2D eigenvalue weighted by molar-refractivity contribution is -0.148. The fourth-order valence-corrected chi connectivity index (χ4v) is 2.51. The summed E-state index contributed by atoms with van der Waals surface area (Å²) in [5.41, 5.74) is -1.11. The number of amides is 4. The molecule has 2 fully saturated rings. The van der Waals surface area contributed by atoms with Crippen molar-refractivity contribution < 1.29 is 24.3 Å². The van der Waals surface area contributed by atoms with E-state index in [0.29, 0.717) is 19.4 Å². The number of carbonyl (C=O) groups is 4. The van der Waals surface area contributed by atoms with Crippen molar-refractivity contribution in [3.63, 3.8) is 0 Å². The Labute approximate surface area is 115 Å². The van der Waals surface area contributed by atoms with Crippen molar-refractivity contribution >= 4 is 23.8 Å². The Morgan fingerprint density at radius 1 is 1.40 bits per heavy atom. The van der Waals surface area contributed by atoms with Gasteiger partial charge in [-0.3, -0.25) is 14.9 Å². The molecule has 0 aliphatic carbocycles. The van der Waals surface area contributed by atoms with Gasteiger partial charge in [0.1, 0.15) is 18.1 Å². The van der Waals surface area contributed by atoms with Crippen LogP contribution in [-0.2, 0) is 14.4 Å². The second kappa shape index (κ2) is 4.77. The summed E-state index contributed by atoms with van der Waals surface area (Å²) in [6.07, 6.45) is 1.03. The van der Waals surface area contributed by atoms with Crippen molar-refractivity contribution in [2.75, 3.05) is 13.1 Å². The lowest BCUT2D eigenvalue weighted by atomic mass is 10.0. The molecule has 2 N–H and O–H groups in total. The van der Waals surface area contributed by atoms with Crippen LogP contribution in [0.15, 0.2) is 0 Å². The van der Waals surface area contributed by atoms with Crippen LogP contribution in [0.2, 0.25) is 0 Å². The van der Waals surface area contributed by atoms with Crippen LogP contribution in [0.3, 0.4) is 0 Å². The number of hydrogen-bond donors (Lipinski definition) is 2. The number of nitrogens with one attached hydrogen (secondary N) is 1. The predicted molar refractivity (Wildman–Crippen MR) is 66.7 cm³/mol. The molecular formula is C12H17N3O5. The molecule has 2 aliphatic heterocycles. The van der Waals surface area contributed by atoms with Gasteiger partial charge in [-0.2, -0.15) is 0 Å². The first-order chi connectivity index (χ1) is 9.25. The van der Waals surface area contributed by atoms with Crippen LogP contribution in [-0.4, -0.2) is 63.4 Å². The van der Waals surface area contributed by atoms with Gasteiger partial charge in [0.25, 0.3) is 5.91 Å². The summed E-state index contributed by atoms with van der Waals surface area (Å²) in [6, 6.07) is -1.47. The van der Waals surface area contributed by atoms with E-state index in [1.165, 1.54) is 4.90 Å². The summed E-state index contributed by atoms with van der Waals surface area (Å²) < 4.78 is 0. The Balaban J connectivity index is 2.10. The van der Waals surface area contributed by atoms with Crippen LogP contribution >= 0.6 is 0 Å². The Hall–Kier alpha value is -2.12. The van der Waals surface area contributed by atoms with Crippen LogP contribution in [0.4, 0.5) is 4.79 Å². The topological polar surface area (TPSA) is 107 Å². The Kier molecular flexibility index (Phi) is 3.41. The SMILES string of the molecule is CC1(C)C(=O)NC(=O)N1CC(=O)N1CCC[C@H]1C(=O)O. The van der Waals surface area contributed by atoms with Crippen molar-refractivity contribution in [2.24, 2.45) is 0 Å². The molecule has 110 valence electrons. The highest BCUT2D eigenvalue weighted by Gasteiger charge is 2.47. The van der Waals surface area contributed by atoms with Crippen molar-refractivity contribution in [2.45, 2.75) is 38.3 Å². The van der Waals surface area contributed by atoms with Gasteiger partial charge in [0.05, 0.1) is 0 Å². The van der Waals surface area contributed by atoms with Gasteiger partial charge < -0.3 is 14.9 Å². The third kappa shape index (κ3) is 2.21. The average molecular weight is 283 g/mol. The fourth-order valence-electron chi connectivity index (χ4n) is 2.51. The number of aliphatic carboxylic acids is 1. The summed E-state index contributed by atoms with van der Waals surface area (Å²) in [5, 5.41) is 11.2. The number of carboxylic acid groups (broad SMARTS) is 1. The summed E-state index contributed by atoms with van der Waals surface area (Å²) in [7, 11) is 0. The van der Waals surface area contributed by atoms with E-state index in [0.717, 1.165) is 4.90 Å². The summed E-state index contributed by atoms with van der Waals surface area (Å²) >= 11 is 0. The molecule has 0 aromatic rings. The van der Waals surface area contributed by atoms with Crippen molar-refractivity contribution in [1.29, 1.82) is 0 Å². The minimum absolute atomic E-state index is 0.297. The molecule has 20 heavy (non-hydrogen) atoms. The van der Waals surface area contributed by atoms with Crippen LogP contribution in [0, 0.1) is 0 Å². The second-order valence-electron chi connectivity index (χ2n) is 5.49. The highest BCUT2D eigenvalue weighted by atomic mass is 16.4. The molecule has 8 nitrogen and oxygen atoms in total. The highest BCUT2D eigenvalue weighted by Crippen LogP contribution is 2.23. The molecule has 2 rings (SSSR count). The molecule has 0 spiro atoms. The number of nitrogens with zero attached hydrogens (tertiary/aromatic N) is 2. The van der Waals surface area contributed by atoms with Gasteiger partial charge in [-0.1, -0.05) is 0 Å². The van der Waals surface area contributed by atoms with Crippen LogP contribution < -0.4 is 5.32 Å². The van der Waals surface area contributed by atoms with Crippen molar-refractivity contribution in [3.8, 4) is 0 Å². The zero-order chi connectivity index (χ0) is 15.1. The van der Waals surface area contributed by atoms with Gasteiger partial charge in [-0.15, -0.1) is 0 Å². The van der Waals surface area contributed by atoms with E-state index >= 15 is 0 Å². The number of likely N-dealkylation sites (tertiary alicyclic amines) is 1. The van der Waals surface area contributed by atoms with E-state index in [1.54, 1.807) is 13.8 Å². The van der Waals surface area contributed by atoms with E-state index in [4.69, 9.17) is 5.11 Å². The summed E-state index contributed by atoms with van der Waals surface area (Å²) in [6.45, 7) is 3.15. The first kappa shape index (κ1) is 14.3. The molecule has 8 heteroatoms. The Morgan fingerprint density at radius 3 is 2.55 bits per heavy atom. The fraction of sp³-hybridized carbons (Fsp3) is 0.667. The van der Waals surface area contributed by atoms with E-state index in [2.05, 4.69) is 5.32 Å². The average Bonchev–Trinajstić information content (AvgIpc) is 2.89. The largest absolute Gasteiger partial charge is 0.480 e. The van der Waals surface area contributed by atoms with Gasteiger partial charge in [0.2, 0.25) is 5.91 Å². The summed E-state index contributed by atoms with van der Waals surface area (Å²) in [4.78, 5) is 48.9. The first-order valence-corrected chi connectivity index (χ1v) is 6.40. The molecule has 4 amide bonds. The highest BCUT2D eigenvalue weighted by molar-refractivity contribution is 6.07. The van der Waals surface area contributed by atoms with Gasteiger partial charge in [-0.05, 0) is 26.7 Å². The van der Waals surface area contributed by atoms with Crippen molar-refractivity contribution in [3.05, 3.63) is 0 Å². The maximum Gasteiger partial charge on any atom is 0.326 e. The van der Waals surface area contributed by atoms with Crippen LogP contribution in [0.1, 0.15) is 26.7 Å². The zero-order valence-corrected chi connectivity index (χ0v) is 11.4. The van der Waals surface area contributed by atoms with E-state index in [-0.39, 0.29) is 6.54 Å². The second-order valence-corrected chi connectivity index (χ2v) is 5.49. The number of urea groups is 1. The molecule has 0 bridgehead atoms. The molecule has 0 unspecified atom stereocenters. The number of hydrogen-bond acceptors (Lipinski definition) is 4. The zero-order valence-electron chi connectivity index (χ0n) is 11.4. The lowest BCUT2D eigenvalue weighted by Gasteiger charge is -2.30. The Bertz CT molecular complexity index is 487. The van der Waals surface area contributed by atoms with E-state index in [1.807, 2.05) is 0 Å². The quantitative estimate of drug-likeness (QED) is 0.672. The number of carboxylic acids is 1. The van der Waals surface area contributed by atoms with Gasteiger partial charge >= 0.3 is 12.0 Å². The van der Waals surface area contributed by atoms with Gasteiger partial charge in [0, 0.05) is 6.54 Å². The molecule has 0 aromatic carbocycles. The maximum atomic E-state index is 12.2. The summed E-state index contributed by atoms with van der Waals surface area (Å²) in [5.74, 6) is -1.96. The van der Waals surface area contributed by atoms with Gasteiger partial charge in [-0.25, -0.2) is 9.59 Å².